The molecule has 0 aliphatic carbocycles. The summed E-state index contributed by atoms with van der Waals surface area (Å²) in [5, 5.41) is 3.28. The molecule has 130 valence electrons. The average molecular weight is 355 g/mol. The third kappa shape index (κ3) is 3.43. The van der Waals surface area contributed by atoms with Gasteiger partial charge in [-0.3, -0.25) is 9.88 Å². The Morgan fingerprint density at radius 2 is 2.24 bits per heavy atom. The van der Waals surface area contributed by atoms with Crippen molar-refractivity contribution < 1.29 is 4.74 Å². The Bertz CT molecular complexity index is 844. The number of aromatic nitrogens is 4. The smallest absolute Gasteiger partial charge is 0.138 e. The normalized spacial score (nSPS) is 17.4. The summed E-state index contributed by atoms with van der Waals surface area (Å²) in [6.45, 7) is 7.56. The summed E-state index contributed by atoms with van der Waals surface area (Å²) in [5.74, 6) is 1.88. The van der Waals surface area contributed by atoms with E-state index in [9.17, 15) is 0 Å². The van der Waals surface area contributed by atoms with Gasteiger partial charge in [0.25, 0.3) is 0 Å². The summed E-state index contributed by atoms with van der Waals surface area (Å²) in [7, 11) is 0. The van der Waals surface area contributed by atoms with Crippen LogP contribution in [0.3, 0.4) is 0 Å². The van der Waals surface area contributed by atoms with Crippen LogP contribution < -0.4 is 4.74 Å². The minimum atomic E-state index is 0.269. The number of nitrogens with zero attached hydrogens (tertiary/aromatic N) is 5. The highest BCUT2D eigenvalue weighted by Crippen LogP contribution is 2.28. The lowest BCUT2D eigenvalue weighted by Crippen LogP contribution is -2.37. The number of imidazole rings is 1. The maximum absolute atomic E-state index is 5.83. The first kappa shape index (κ1) is 16.2. The van der Waals surface area contributed by atoms with Gasteiger partial charge in [-0.1, -0.05) is 0 Å². The van der Waals surface area contributed by atoms with Gasteiger partial charge in [0.05, 0.1) is 30.7 Å². The van der Waals surface area contributed by atoms with Crippen LogP contribution in [-0.2, 0) is 19.7 Å². The highest BCUT2D eigenvalue weighted by atomic mass is 32.1. The zero-order chi connectivity index (χ0) is 17.2. The fourth-order valence-corrected chi connectivity index (χ4v) is 3.97. The number of pyridine rings is 1. The first-order valence-corrected chi connectivity index (χ1v) is 9.31. The maximum atomic E-state index is 5.83. The van der Waals surface area contributed by atoms with Gasteiger partial charge in [-0.2, -0.15) is 0 Å². The van der Waals surface area contributed by atoms with E-state index in [-0.39, 0.29) is 6.04 Å². The molecule has 0 saturated heterocycles. The molecule has 0 amide bonds. The highest BCUT2D eigenvalue weighted by molar-refractivity contribution is 7.09. The Labute approximate surface area is 151 Å². The molecule has 1 aliphatic rings. The van der Waals surface area contributed by atoms with Crippen LogP contribution in [0.15, 0.2) is 36.1 Å². The lowest BCUT2D eigenvalue weighted by atomic mass is 10.2. The van der Waals surface area contributed by atoms with Gasteiger partial charge in [0, 0.05) is 30.4 Å². The van der Waals surface area contributed by atoms with E-state index in [0.717, 1.165) is 42.6 Å². The van der Waals surface area contributed by atoms with Gasteiger partial charge in [0.2, 0.25) is 0 Å². The summed E-state index contributed by atoms with van der Waals surface area (Å²) < 4.78 is 8.11. The number of ether oxygens (including phenoxy) is 1. The lowest BCUT2D eigenvalue weighted by molar-refractivity contribution is 0.152. The van der Waals surface area contributed by atoms with Crippen molar-refractivity contribution in [3.05, 3.63) is 58.3 Å². The van der Waals surface area contributed by atoms with Crippen molar-refractivity contribution >= 4 is 11.3 Å². The second-order valence-electron chi connectivity index (χ2n) is 6.27. The van der Waals surface area contributed by atoms with E-state index in [1.165, 1.54) is 5.01 Å². The Balaban J connectivity index is 1.45. The molecule has 0 bridgehead atoms. The number of hydrogen-bond donors (Lipinski definition) is 0. The van der Waals surface area contributed by atoms with E-state index in [1.54, 1.807) is 23.7 Å². The van der Waals surface area contributed by atoms with Crippen molar-refractivity contribution in [3.8, 4) is 5.75 Å². The van der Waals surface area contributed by atoms with E-state index in [0.29, 0.717) is 6.61 Å². The van der Waals surface area contributed by atoms with Crippen molar-refractivity contribution in [2.75, 3.05) is 6.54 Å². The largest absolute Gasteiger partial charge is 0.486 e. The van der Waals surface area contributed by atoms with Gasteiger partial charge in [-0.25, -0.2) is 9.97 Å². The van der Waals surface area contributed by atoms with Gasteiger partial charge < -0.3 is 9.30 Å². The molecule has 4 rings (SSSR count). The SMILES string of the molecule is Cc1csc(CN2CCn3c(COc4cccnc4)cnc3[C@H]2C)n1. The number of hydrogen-bond acceptors (Lipinski definition) is 6. The molecular formula is C18H21N5OS. The number of aryl methyl sites for hydroxylation is 1. The fourth-order valence-electron chi connectivity index (χ4n) is 3.17. The van der Waals surface area contributed by atoms with E-state index < -0.39 is 0 Å². The van der Waals surface area contributed by atoms with Crippen LogP contribution in [0, 0.1) is 6.92 Å². The molecular weight excluding hydrogens is 334 g/mol. The minimum Gasteiger partial charge on any atom is -0.486 e. The van der Waals surface area contributed by atoms with Crippen LogP contribution in [0.1, 0.15) is 35.2 Å². The molecule has 1 aliphatic heterocycles. The van der Waals surface area contributed by atoms with Gasteiger partial charge >= 0.3 is 0 Å². The predicted octanol–water partition coefficient (Wildman–Crippen LogP) is 3.20. The van der Waals surface area contributed by atoms with Crippen molar-refractivity contribution in [1.82, 2.24) is 24.4 Å². The zero-order valence-electron chi connectivity index (χ0n) is 14.4. The van der Waals surface area contributed by atoms with Crippen LogP contribution in [0.4, 0.5) is 0 Å². The van der Waals surface area contributed by atoms with Crippen molar-refractivity contribution in [2.45, 2.75) is 39.6 Å². The molecule has 25 heavy (non-hydrogen) atoms. The van der Waals surface area contributed by atoms with Crippen LogP contribution in [-0.4, -0.2) is 31.0 Å². The van der Waals surface area contributed by atoms with E-state index in [2.05, 4.69) is 36.7 Å². The Morgan fingerprint density at radius 3 is 3.00 bits per heavy atom. The van der Waals surface area contributed by atoms with Crippen LogP contribution in [0.5, 0.6) is 5.75 Å². The molecule has 1 atom stereocenters. The van der Waals surface area contributed by atoms with Gasteiger partial charge in [-0.05, 0) is 26.0 Å². The Kier molecular flexibility index (Phi) is 4.50. The predicted molar refractivity (Wildman–Crippen MR) is 96.5 cm³/mol. The molecule has 6 nitrogen and oxygen atoms in total. The second kappa shape index (κ2) is 6.93. The summed E-state index contributed by atoms with van der Waals surface area (Å²) in [4.78, 5) is 15.8. The van der Waals surface area contributed by atoms with Crippen molar-refractivity contribution in [2.24, 2.45) is 0 Å². The second-order valence-corrected chi connectivity index (χ2v) is 7.21. The monoisotopic (exact) mass is 355 g/mol. The van der Waals surface area contributed by atoms with Crippen molar-refractivity contribution in [1.29, 1.82) is 0 Å². The lowest BCUT2D eigenvalue weighted by Gasteiger charge is -2.33. The quantitative estimate of drug-likeness (QED) is 0.703. The number of thiazole rings is 1. The summed E-state index contributed by atoms with van der Waals surface area (Å²) in [5.41, 5.74) is 2.21. The minimum absolute atomic E-state index is 0.269. The molecule has 0 fully saturated rings. The van der Waals surface area contributed by atoms with Crippen LogP contribution >= 0.6 is 11.3 Å². The van der Waals surface area contributed by atoms with E-state index >= 15 is 0 Å². The molecule has 0 N–H and O–H groups in total. The molecule has 4 heterocycles. The fraction of sp³-hybridized carbons (Fsp3) is 0.389. The molecule has 3 aromatic heterocycles. The summed E-state index contributed by atoms with van der Waals surface area (Å²) >= 11 is 1.73. The standard InChI is InChI=1S/C18H21N5OS/c1-13-12-25-17(21-13)10-22-6-7-23-15(8-20-18(23)14(22)2)11-24-16-4-3-5-19-9-16/h3-5,8-9,12,14H,6-7,10-11H2,1-2H3/t14-/m1/s1. The van der Waals surface area contributed by atoms with E-state index in [4.69, 9.17) is 4.74 Å². The number of rotatable bonds is 5. The topological polar surface area (TPSA) is 56.1 Å². The average Bonchev–Trinajstić information content (AvgIpc) is 3.23. The molecule has 0 aromatic carbocycles. The molecule has 0 spiro atoms. The Morgan fingerprint density at radius 1 is 1.32 bits per heavy atom. The molecule has 0 saturated carbocycles. The first-order valence-electron chi connectivity index (χ1n) is 8.43. The summed E-state index contributed by atoms with van der Waals surface area (Å²) in [6.07, 6.45) is 5.40. The molecule has 7 heteroatoms. The van der Waals surface area contributed by atoms with Crippen LogP contribution in [0.25, 0.3) is 0 Å². The van der Waals surface area contributed by atoms with Gasteiger partial charge in [0.1, 0.15) is 23.2 Å². The first-order chi connectivity index (χ1) is 12.2. The molecule has 3 aromatic rings. The third-order valence-corrected chi connectivity index (χ3v) is 5.48. The number of fused-ring (bicyclic) bond motifs is 1. The maximum Gasteiger partial charge on any atom is 0.138 e. The Hall–Kier alpha value is -2.25. The molecule has 0 radical (unpaired) electrons. The van der Waals surface area contributed by atoms with Crippen LogP contribution in [0.2, 0.25) is 0 Å². The van der Waals surface area contributed by atoms with E-state index in [1.807, 2.05) is 25.3 Å². The van der Waals surface area contributed by atoms with Crippen molar-refractivity contribution in [3.63, 3.8) is 0 Å². The van der Waals surface area contributed by atoms with Gasteiger partial charge in [0.15, 0.2) is 0 Å². The summed E-state index contributed by atoms with van der Waals surface area (Å²) in [6, 6.07) is 4.06. The third-order valence-electron chi connectivity index (χ3n) is 4.53. The van der Waals surface area contributed by atoms with Gasteiger partial charge in [-0.15, -0.1) is 11.3 Å². The highest BCUT2D eigenvalue weighted by Gasteiger charge is 2.27. The molecule has 0 unspecified atom stereocenters. The zero-order valence-corrected chi connectivity index (χ0v) is 15.2.